The van der Waals surface area contributed by atoms with Crippen molar-refractivity contribution in [2.45, 2.75) is 142 Å². The Labute approximate surface area is 390 Å². The van der Waals surface area contributed by atoms with E-state index in [4.69, 9.17) is 101 Å². The van der Waals surface area contributed by atoms with E-state index in [0.717, 1.165) is 0 Å². The van der Waals surface area contributed by atoms with Gasteiger partial charge in [-0.1, -0.05) is 130 Å². The second-order valence-electron chi connectivity index (χ2n) is 12.2. The summed E-state index contributed by atoms with van der Waals surface area (Å²) < 4.78 is 62.9. The third-order valence-corrected chi connectivity index (χ3v) is 8.51. The van der Waals surface area contributed by atoms with Crippen molar-refractivity contribution in [2.75, 3.05) is 106 Å². The zero-order valence-electron chi connectivity index (χ0n) is 30.9. The standard InChI is InChI=1S/C34H62O11S4.10CH4/c1-25(2)31(46)42-17-11-36-21-29(22-37-12-18-43-32(47)26(3)4)40-15-9-35-10-16-41-30(23-38-13-19-44-33(48)27(5)6)24-39-14-20-45-34(49)28(7)8;;;;;;;;;;/h25-30H,9-24H2,1-8H3;10*1H4. The molecule has 0 heterocycles. The molecule has 0 rings (SSSR count). The van der Waals surface area contributed by atoms with Gasteiger partial charge in [0.2, 0.25) is 0 Å². The van der Waals surface area contributed by atoms with Crippen LogP contribution < -0.4 is 0 Å². The molecule has 0 unspecified atom stereocenters. The molecule has 368 valence electrons. The van der Waals surface area contributed by atoms with E-state index >= 15 is 0 Å². The van der Waals surface area contributed by atoms with Gasteiger partial charge in [-0.3, -0.25) is 0 Å². The van der Waals surface area contributed by atoms with Crippen LogP contribution in [-0.4, -0.2) is 138 Å². The zero-order valence-corrected chi connectivity index (χ0v) is 34.2. The molecule has 0 aromatic heterocycles. The predicted octanol–water partition coefficient (Wildman–Crippen LogP) is 12.2. The zero-order chi connectivity index (χ0) is 36.9. The molecule has 0 saturated carbocycles. The number of hydrogen-bond acceptors (Lipinski definition) is 15. The first-order chi connectivity index (χ1) is 23.3. The van der Waals surface area contributed by atoms with Gasteiger partial charge in [0, 0.05) is 23.7 Å². The summed E-state index contributed by atoms with van der Waals surface area (Å²) in [5.74, 6) is 0.730. The van der Waals surface area contributed by atoms with Crippen LogP contribution in [0.3, 0.4) is 0 Å². The molecule has 0 aliphatic rings. The number of rotatable bonds is 32. The van der Waals surface area contributed by atoms with Crippen molar-refractivity contribution in [1.29, 1.82) is 0 Å². The van der Waals surface area contributed by atoms with Gasteiger partial charge in [-0.15, -0.1) is 0 Å². The molecule has 0 fully saturated rings. The van der Waals surface area contributed by atoms with Crippen LogP contribution in [0.5, 0.6) is 0 Å². The first-order valence-corrected chi connectivity index (χ1v) is 18.8. The summed E-state index contributed by atoms with van der Waals surface area (Å²) in [4.78, 5) is 0. The molecule has 0 atom stereocenters. The van der Waals surface area contributed by atoms with Crippen LogP contribution in [0.25, 0.3) is 0 Å². The highest BCUT2D eigenvalue weighted by Gasteiger charge is 2.14. The third-order valence-electron chi connectivity index (χ3n) is 6.15. The lowest BCUT2D eigenvalue weighted by molar-refractivity contribution is -0.0922. The van der Waals surface area contributed by atoms with Crippen molar-refractivity contribution >= 4 is 69.1 Å². The van der Waals surface area contributed by atoms with Gasteiger partial charge in [0.05, 0.1) is 79.3 Å². The molecule has 11 nitrogen and oxygen atoms in total. The molecule has 0 bridgehead atoms. The van der Waals surface area contributed by atoms with Crippen LogP contribution in [0, 0.1) is 23.7 Å². The molecule has 0 N–H and O–H groups in total. The lowest BCUT2D eigenvalue weighted by atomic mass is 10.2. The highest BCUT2D eigenvalue weighted by molar-refractivity contribution is 7.80. The smallest absolute Gasteiger partial charge is 0.162 e. The molecule has 0 aromatic rings. The minimum Gasteiger partial charge on any atom is -0.484 e. The fourth-order valence-corrected chi connectivity index (χ4v) is 3.60. The Kier molecular flexibility index (Phi) is 83.0. The van der Waals surface area contributed by atoms with Gasteiger partial charge >= 0.3 is 0 Å². The molecule has 15 heteroatoms. The van der Waals surface area contributed by atoms with Crippen LogP contribution in [0.4, 0.5) is 0 Å². The fraction of sp³-hybridized carbons (Fsp3) is 0.909. The first kappa shape index (κ1) is 85.5. The van der Waals surface area contributed by atoms with E-state index in [1.165, 1.54) is 0 Å². The van der Waals surface area contributed by atoms with Gasteiger partial charge in [0.15, 0.2) is 20.2 Å². The monoisotopic (exact) mass is 935 g/mol. The molecule has 59 heavy (non-hydrogen) atoms. The molecule has 0 radical (unpaired) electrons. The third kappa shape index (κ3) is 53.3. The Balaban J connectivity index is -0.000000256. The molecule has 0 amide bonds. The van der Waals surface area contributed by atoms with Crippen molar-refractivity contribution in [2.24, 2.45) is 23.7 Å². The van der Waals surface area contributed by atoms with Gasteiger partial charge in [-0.25, -0.2) is 0 Å². The van der Waals surface area contributed by atoms with Gasteiger partial charge in [-0.2, -0.15) is 0 Å². The molecular formula is C44H102O11S4. The first-order valence-electron chi connectivity index (χ1n) is 17.1. The van der Waals surface area contributed by atoms with E-state index in [2.05, 4.69) is 0 Å². The largest absolute Gasteiger partial charge is 0.484 e. The summed E-state index contributed by atoms with van der Waals surface area (Å²) in [6, 6.07) is 0. The Morgan fingerprint density at radius 1 is 0.288 bits per heavy atom. The maximum absolute atomic E-state index is 5.99. The summed E-state index contributed by atoms with van der Waals surface area (Å²) in [6.45, 7) is 21.8. The Morgan fingerprint density at radius 2 is 0.475 bits per heavy atom. The normalized spacial score (nSPS) is 9.73. The predicted molar refractivity (Wildman–Crippen MR) is 274 cm³/mol. The van der Waals surface area contributed by atoms with E-state index < -0.39 is 0 Å². The summed E-state index contributed by atoms with van der Waals surface area (Å²) in [5.41, 5.74) is 0. The lowest BCUT2D eigenvalue weighted by Gasteiger charge is -2.20. The van der Waals surface area contributed by atoms with E-state index in [1.807, 2.05) is 55.4 Å². The van der Waals surface area contributed by atoms with E-state index in [0.29, 0.717) is 126 Å². The number of ether oxygens (including phenoxy) is 11. The Hall–Kier alpha value is -0.720. The molecular weight excluding hydrogens is 833 g/mol. The van der Waals surface area contributed by atoms with Crippen molar-refractivity contribution in [3.8, 4) is 0 Å². The minimum atomic E-state index is -0.301. The van der Waals surface area contributed by atoms with Crippen molar-refractivity contribution < 1.29 is 52.1 Å². The van der Waals surface area contributed by atoms with E-state index in [1.54, 1.807) is 0 Å². The summed E-state index contributed by atoms with van der Waals surface area (Å²) >= 11 is 20.8. The summed E-state index contributed by atoms with van der Waals surface area (Å²) in [5, 5.41) is 2.28. The van der Waals surface area contributed by atoms with Gasteiger partial charge in [0.1, 0.15) is 38.6 Å². The fourth-order valence-electron chi connectivity index (χ4n) is 3.27. The van der Waals surface area contributed by atoms with Gasteiger partial charge in [0.25, 0.3) is 0 Å². The highest BCUT2D eigenvalue weighted by Crippen LogP contribution is 2.04. The van der Waals surface area contributed by atoms with E-state index in [-0.39, 0.29) is 110 Å². The summed E-state index contributed by atoms with van der Waals surface area (Å²) in [6.07, 6.45) is -0.601. The van der Waals surface area contributed by atoms with Crippen LogP contribution >= 0.6 is 48.9 Å². The summed E-state index contributed by atoms with van der Waals surface area (Å²) in [7, 11) is 0. The maximum Gasteiger partial charge on any atom is 0.162 e. The number of hydrogen-bond donors (Lipinski definition) is 0. The van der Waals surface area contributed by atoms with Crippen molar-refractivity contribution in [3.05, 3.63) is 0 Å². The molecule has 0 aliphatic carbocycles. The quantitative estimate of drug-likeness (QED) is 0.0472. The van der Waals surface area contributed by atoms with Crippen molar-refractivity contribution in [1.82, 2.24) is 0 Å². The Morgan fingerprint density at radius 3 is 0.661 bits per heavy atom. The van der Waals surface area contributed by atoms with Crippen LogP contribution in [0.2, 0.25) is 0 Å². The molecule has 0 saturated heterocycles. The highest BCUT2D eigenvalue weighted by atomic mass is 32.1. The van der Waals surface area contributed by atoms with Gasteiger partial charge in [-0.05, 0) is 48.9 Å². The lowest BCUT2D eigenvalue weighted by Crippen LogP contribution is -2.30. The average molecular weight is 936 g/mol. The van der Waals surface area contributed by atoms with Gasteiger partial charge < -0.3 is 52.1 Å². The van der Waals surface area contributed by atoms with Crippen LogP contribution in [-0.2, 0) is 52.1 Å². The van der Waals surface area contributed by atoms with E-state index in [9.17, 15) is 0 Å². The van der Waals surface area contributed by atoms with Crippen molar-refractivity contribution in [3.63, 3.8) is 0 Å². The average Bonchev–Trinajstić information content (AvgIpc) is 3.05. The van der Waals surface area contributed by atoms with Crippen LogP contribution in [0.1, 0.15) is 130 Å². The topological polar surface area (TPSA) is 102 Å². The van der Waals surface area contributed by atoms with Crippen LogP contribution in [0.15, 0.2) is 0 Å². The Bertz CT molecular complexity index is 752. The molecule has 0 aliphatic heterocycles. The second-order valence-corrected chi connectivity index (χ2v) is 13.8. The maximum atomic E-state index is 5.99. The SMILES string of the molecule is C.C.C.C.C.C.C.C.C.C.CC(C)C(=S)OCCOCC(COCCOC(=S)C(C)C)OCCOCCOC(COCCOC(=S)C(C)C)COCCOC(=S)C(C)C. The molecule has 0 aromatic carbocycles. The number of thiocarbonyl (C=S) groups is 4. The molecule has 0 spiro atoms. The second kappa shape index (κ2) is 57.3. The minimum absolute atomic E-state index is 0.